The number of carbonyl (C=O) groups excluding carboxylic acids is 1. The number of alkyl halides is 1. The van der Waals surface area contributed by atoms with Crippen LogP contribution in [0.4, 0.5) is 10.1 Å². The third kappa shape index (κ3) is 2.21. The number of nitrogens with zero attached hydrogens (tertiary/aromatic N) is 2. The summed E-state index contributed by atoms with van der Waals surface area (Å²) < 4.78 is 13.5. The molecule has 0 radical (unpaired) electrons. The van der Waals surface area contributed by atoms with Crippen LogP contribution in [0.5, 0.6) is 0 Å². The second kappa shape index (κ2) is 4.67. The van der Waals surface area contributed by atoms with Crippen LogP contribution in [-0.2, 0) is 4.79 Å². The Bertz CT molecular complexity index is 400. The molecular weight excluding hydrogens is 223 g/mol. The molecule has 3 unspecified atom stereocenters. The molecule has 6 heteroatoms. The molecule has 0 aromatic carbocycles. The summed E-state index contributed by atoms with van der Waals surface area (Å²) in [4.78, 5) is 17.0. The van der Waals surface area contributed by atoms with Gasteiger partial charge >= 0.3 is 0 Å². The van der Waals surface area contributed by atoms with Crippen LogP contribution in [0.25, 0.3) is 0 Å². The van der Waals surface area contributed by atoms with Crippen molar-refractivity contribution in [2.24, 2.45) is 11.5 Å². The lowest BCUT2D eigenvalue weighted by Crippen LogP contribution is -2.62. The van der Waals surface area contributed by atoms with E-state index >= 15 is 0 Å². The first kappa shape index (κ1) is 11.8. The number of hydrogen-bond acceptors (Lipinski definition) is 4. The number of aromatic nitrogens is 1. The molecule has 92 valence electrons. The van der Waals surface area contributed by atoms with Gasteiger partial charge in [-0.2, -0.15) is 0 Å². The molecule has 1 aliphatic rings. The Morgan fingerprint density at radius 2 is 2.12 bits per heavy atom. The fourth-order valence-electron chi connectivity index (χ4n) is 2.17. The molecule has 1 amide bonds. The number of pyridine rings is 1. The van der Waals surface area contributed by atoms with Gasteiger partial charge in [0.15, 0.2) is 0 Å². The van der Waals surface area contributed by atoms with Crippen LogP contribution >= 0.6 is 0 Å². The second-order valence-corrected chi connectivity index (χ2v) is 4.13. The van der Waals surface area contributed by atoms with Crippen molar-refractivity contribution in [3.8, 4) is 0 Å². The largest absolute Gasteiger partial charge is 0.368 e. The van der Waals surface area contributed by atoms with Crippen molar-refractivity contribution in [1.82, 2.24) is 4.98 Å². The number of halogens is 1. The third-order valence-corrected chi connectivity index (χ3v) is 3.05. The summed E-state index contributed by atoms with van der Waals surface area (Å²) in [6.07, 6.45) is 2.33. The minimum atomic E-state index is -1.19. The number of hydrogen-bond donors (Lipinski definition) is 2. The van der Waals surface area contributed by atoms with Gasteiger partial charge in [0.1, 0.15) is 12.2 Å². The standard InChI is InChI=1S/C11H15FN4O/c12-8-3-6-16(7-1-4-15-5-2-7)10(9(8)13)11(14)17/h1-2,4-5,8-10H,3,6,13H2,(H2,14,17). The molecule has 1 aliphatic heterocycles. The second-order valence-electron chi connectivity index (χ2n) is 4.13. The zero-order chi connectivity index (χ0) is 12.4. The lowest BCUT2D eigenvalue weighted by molar-refractivity contribution is -0.120. The fraction of sp³-hybridized carbons (Fsp3) is 0.455. The maximum absolute atomic E-state index is 13.5. The molecule has 1 aromatic rings. The molecule has 3 atom stereocenters. The monoisotopic (exact) mass is 238 g/mol. The van der Waals surface area contributed by atoms with E-state index in [9.17, 15) is 9.18 Å². The molecule has 5 nitrogen and oxygen atoms in total. The van der Waals surface area contributed by atoms with Gasteiger partial charge in [0, 0.05) is 24.6 Å². The van der Waals surface area contributed by atoms with Crippen LogP contribution in [0.15, 0.2) is 24.5 Å². The number of nitrogens with two attached hydrogens (primary N) is 2. The van der Waals surface area contributed by atoms with Gasteiger partial charge in [-0.05, 0) is 18.6 Å². The van der Waals surface area contributed by atoms with Crippen molar-refractivity contribution in [3.05, 3.63) is 24.5 Å². The van der Waals surface area contributed by atoms with E-state index in [1.54, 1.807) is 29.4 Å². The maximum atomic E-state index is 13.5. The van der Waals surface area contributed by atoms with Crippen LogP contribution in [0.1, 0.15) is 6.42 Å². The smallest absolute Gasteiger partial charge is 0.241 e. The highest BCUT2D eigenvalue weighted by Gasteiger charge is 2.39. The van der Waals surface area contributed by atoms with Gasteiger partial charge in [-0.25, -0.2) is 4.39 Å². The zero-order valence-corrected chi connectivity index (χ0v) is 9.29. The summed E-state index contributed by atoms with van der Waals surface area (Å²) in [6, 6.07) is 1.82. The van der Waals surface area contributed by atoms with Crippen molar-refractivity contribution in [2.45, 2.75) is 24.7 Å². The minimum absolute atomic E-state index is 0.299. The lowest BCUT2D eigenvalue weighted by Gasteiger charge is -2.40. The van der Waals surface area contributed by atoms with Crippen molar-refractivity contribution in [3.63, 3.8) is 0 Å². The Hall–Kier alpha value is -1.69. The van der Waals surface area contributed by atoms with Gasteiger partial charge in [-0.3, -0.25) is 9.78 Å². The molecule has 2 heterocycles. The van der Waals surface area contributed by atoms with E-state index < -0.39 is 24.2 Å². The average Bonchev–Trinajstić information content (AvgIpc) is 2.33. The quantitative estimate of drug-likeness (QED) is 0.748. The molecule has 1 saturated heterocycles. The average molecular weight is 238 g/mol. The molecule has 4 N–H and O–H groups in total. The number of amides is 1. The highest BCUT2D eigenvalue weighted by molar-refractivity contribution is 5.85. The van der Waals surface area contributed by atoms with E-state index in [0.717, 1.165) is 5.69 Å². The van der Waals surface area contributed by atoms with E-state index in [-0.39, 0.29) is 0 Å². The Morgan fingerprint density at radius 3 is 2.71 bits per heavy atom. The van der Waals surface area contributed by atoms with E-state index in [1.165, 1.54) is 0 Å². The molecule has 1 aromatic heterocycles. The van der Waals surface area contributed by atoms with Crippen LogP contribution in [0.2, 0.25) is 0 Å². The molecule has 1 fully saturated rings. The van der Waals surface area contributed by atoms with Gasteiger partial charge in [-0.1, -0.05) is 0 Å². The molecule has 17 heavy (non-hydrogen) atoms. The van der Waals surface area contributed by atoms with Crippen molar-refractivity contribution in [2.75, 3.05) is 11.4 Å². The molecule has 0 spiro atoms. The lowest BCUT2D eigenvalue weighted by atomic mass is 9.94. The minimum Gasteiger partial charge on any atom is -0.368 e. The van der Waals surface area contributed by atoms with Crippen molar-refractivity contribution < 1.29 is 9.18 Å². The van der Waals surface area contributed by atoms with E-state index in [4.69, 9.17) is 11.5 Å². The summed E-state index contributed by atoms with van der Waals surface area (Å²) in [5.74, 6) is -0.600. The molecule has 2 rings (SSSR count). The van der Waals surface area contributed by atoms with E-state index in [0.29, 0.717) is 13.0 Å². The van der Waals surface area contributed by atoms with Crippen molar-refractivity contribution >= 4 is 11.6 Å². The number of primary amides is 1. The molecule has 0 aliphatic carbocycles. The topological polar surface area (TPSA) is 85.2 Å². The predicted octanol–water partition coefficient (Wildman–Crippen LogP) is -0.189. The van der Waals surface area contributed by atoms with Gasteiger partial charge in [0.2, 0.25) is 5.91 Å². The normalized spacial score (nSPS) is 29.1. The third-order valence-electron chi connectivity index (χ3n) is 3.05. The summed E-state index contributed by atoms with van der Waals surface area (Å²) in [5.41, 5.74) is 11.8. The Kier molecular flexibility index (Phi) is 3.23. The zero-order valence-electron chi connectivity index (χ0n) is 9.29. The first-order valence-electron chi connectivity index (χ1n) is 5.47. The predicted molar refractivity (Wildman–Crippen MR) is 62.1 cm³/mol. The molecule has 0 bridgehead atoms. The SMILES string of the molecule is NC(=O)C1C(N)C(F)CCN1c1ccncc1. The summed E-state index contributed by atoms with van der Waals surface area (Å²) in [5, 5.41) is 0. The molecule has 0 saturated carbocycles. The highest BCUT2D eigenvalue weighted by Crippen LogP contribution is 2.25. The van der Waals surface area contributed by atoms with Gasteiger partial charge in [-0.15, -0.1) is 0 Å². The van der Waals surface area contributed by atoms with Gasteiger partial charge in [0.05, 0.1) is 6.04 Å². The molecular formula is C11H15FN4O. The van der Waals surface area contributed by atoms with Gasteiger partial charge in [0.25, 0.3) is 0 Å². The summed E-state index contributed by atoms with van der Waals surface area (Å²) in [7, 11) is 0. The van der Waals surface area contributed by atoms with Crippen molar-refractivity contribution in [1.29, 1.82) is 0 Å². The first-order valence-corrected chi connectivity index (χ1v) is 5.47. The number of carbonyl (C=O) groups is 1. The van der Waals surface area contributed by atoms with Crippen LogP contribution in [0, 0.1) is 0 Å². The van der Waals surface area contributed by atoms with Gasteiger partial charge < -0.3 is 16.4 Å². The maximum Gasteiger partial charge on any atom is 0.241 e. The van der Waals surface area contributed by atoms with Crippen LogP contribution < -0.4 is 16.4 Å². The summed E-state index contributed by atoms with van der Waals surface area (Å²) in [6.45, 7) is 0.423. The fourth-order valence-corrected chi connectivity index (χ4v) is 2.17. The number of anilines is 1. The van der Waals surface area contributed by atoms with E-state index in [1.807, 2.05) is 0 Å². The summed E-state index contributed by atoms with van der Waals surface area (Å²) >= 11 is 0. The Labute approximate surface area is 98.6 Å². The Morgan fingerprint density at radius 1 is 1.47 bits per heavy atom. The van der Waals surface area contributed by atoms with E-state index in [2.05, 4.69) is 4.98 Å². The van der Waals surface area contributed by atoms with Crippen LogP contribution in [0.3, 0.4) is 0 Å². The number of rotatable bonds is 2. The highest BCUT2D eigenvalue weighted by atomic mass is 19.1. The van der Waals surface area contributed by atoms with Crippen LogP contribution in [-0.4, -0.2) is 35.7 Å². The first-order chi connectivity index (χ1) is 8.11. The Balaban J connectivity index is 2.29. The number of piperidine rings is 1.